The number of nitrogens with one attached hydrogen (secondary N) is 1. The highest BCUT2D eigenvalue weighted by Crippen LogP contribution is 2.25. The van der Waals surface area contributed by atoms with Gasteiger partial charge in [-0.05, 0) is 18.8 Å². The van der Waals surface area contributed by atoms with E-state index in [1.807, 2.05) is 0 Å². The quantitative estimate of drug-likeness (QED) is 0.645. The number of rotatable bonds is 4. The Hall–Kier alpha value is -1.52. The summed E-state index contributed by atoms with van der Waals surface area (Å²) in [4.78, 5) is 8.47. The van der Waals surface area contributed by atoms with Gasteiger partial charge in [-0.15, -0.1) is 0 Å². The van der Waals surface area contributed by atoms with Crippen molar-refractivity contribution in [1.29, 1.82) is 0 Å². The molecule has 5 nitrogen and oxygen atoms in total. The van der Waals surface area contributed by atoms with Crippen LogP contribution in [-0.4, -0.2) is 17.5 Å². The molecule has 1 aromatic heterocycles. The molecule has 0 spiro atoms. The molecule has 1 aromatic rings. The zero-order chi connectivity index (χ0) is 13.9. The van der Waals surface area contributed by atoms with E-state index in [-0.39, 0.29) is 5.41 Å². The molecule has 0 amide bonds. The molecule has 2 rings (SSSR count). The maximum Gasteiger partial charge on any atom is 0.216 e. The predicted molar refractivity (Wildman–Crippen MR) is 75.9 cm³/mol. The van der Waals surface area contributed by atoms with E-state index in [2.05, 4.69) is 36.1 Å². The van der Waals surface area contributed by atoms with Crippen LogP contribution in [0.4, 0.5) is 0 Å². The van der Waals surface area contributed by atoms with E-state index in [4.69, 9.17) is 10.2 Å². The van der Waals surface area contributed by atoms with E-state index < -0.39 is 0 Å². The summed E-state index contributed by atoms with van der Waals surface area (Å²) in [5, 5.41) is 3.15. The number of nitrogens with two attached hydrogens (primary N) is 1. The molecule has 19 heavy (non-hydrogen) atoms. The first-order chi connectivity index (χ1) is 8.95. The maximum absolute atomic E-state index is 5.81. The smallest absolute Gasteiger partial charge is 0.216 e. The Morgan fingerprint density at radius 1 is 1.53 bits per heavy atom. The second-order valence-electron chi connectivity index (χ2n) is 6.25. The summed E-state index contributed by atoms with van der Waals surface area (Å²) >= 11 is 0. The Labute approximate surface area is 114 Å². The fourth-order valence-corrected chi connectivity index (χ4v) is 1.88. The van der Waals surface area contributed by atoms with Gasteiger partial charge in [0.2, 0.25) is 5.89 Å². The molecule has 1 saturated carbocycles. The molecule has 1 aliphatic carbocycles. The Balaban J connectivity index is 1.81. The van der Waals surface area contributed by atoms with E-state index in [0.29, 0.717) is 18.4 Å². The summed E-state index contributed by atoms with van der Waals surface area (Å²) in [6.45, 7) is 7.59. The van der Waals surface area contributed by atoms with Gasteiger partial charge in [0.25, 0.3) is 0 Å². The zero-order valence-corrected chi connectivity index (χ0v) is 12.1. The standard InChI is InChI=1S/C14H24N4O/c1-14(2,3)11-8-16-12(19-11)9-18-13(15)17-7-10-5-4-6-10/h8,10H,4-7,9H2,1-3H3,(H3,15,17,18). The molecule has 0 bridgehead atoms. The van der Waals surface area contributed by atoms with Gasteiger partial charge >= 0.3 is 0 Å². The van der Waals surface area contributed by atoms with E-state index in [0.717, 1.165) is 18.2 Å². The molecule has 0 atom stereocenters. The number of guanidine groups is 1. The van der Waals surface area contributed by atoms with Crippen LogP contribution in [0.5, 0.6) is 0 Å². The van der Waals surface area contributed by atoms with E-state index in [9.17, 15) is 0 Å². The highest BCUT2D eigenvalue weighted by molar-refractivity contribution is 5.77. The minimum atomic E-state index is -0.0248. The minimum Gasteiger partial charge on any atom is -0.443 e. The van der Waals surface area contributed by atoms with Crippen LogP contribution < -0.4 is 11.1 Å². The molecule has 3 N–H and O–H groups in total. The van der Waals surface area contributed by atoms with Crippen LogP contribution in [0.15, 0.2) is 15.6 Å². The highest BCUT2D eigenvalue weighted by Gasteiger charge is 2.19. The summed E-state index contributed by atoms with van der Waals surface area (Å²) in [5.74, 6) is 2.72. The summed E-state index contributed by atoms with van der Waals surface area (Å²) in [6.07, 6.45) is 5.71. The predicted octanol–water partition coefficient (Wildman–Crippen LogP) is 2.18. The fourth-order valence-electron chi connectivity index (χ4n) is 1.88. The molecule has 1 fully saturated rings. The lowest BCUT2D eigenvalue weighted by atomic mass is 9.85. The van der Waals surface area contributed by atoms with E-state index in [1.165, 1.54) is 19.3 Å². The van der Waals surface area contributed by atoms with Gasteiger partial charge in [0.05, 0.1) is 6.20 Å². The third kappa shape index (κ3) is 3.98. The van der Waals surface area contributed by atoms with Crippen molar-refractivity contribution >= 4 is 5.96 Å². The van der Waals surface area contributed by atoms with Crippen molar-refractivity contribution in [3.8, 4) is 0 Å². The average Bonchev–Trinajstić information content (AvgIpc) is 2.72. The minimum absolute atomic E-state index is 0.0248. The third-order valence-corrected chi connectivity index (χ3v) is 3.47. The molecular formula is C14H24N4O. The molecule has 0 aromatic carbocycles. The van der Waals surface area contributed by atoms with Crippen molar-refractivity contribution in [2.75, 3.05) is 6.54 Å². The van der Waals surface area contributed by atoms with Gasteiger partial charge in [-0.2, -0.15) is 0 Å². The topological polar surface area (TPSA) is 76.4 Å². The van der Waals surface area contributed by atoms with Crippen LogP contribution in [0.25, 0.3) is 0 Å². The fraction of sp³-hybridized carbons (Fsp3) is 0.714. The van der Waals surface area contributed by atoms with Gasteiger partial charge in [0.15, 0.2) is 5.96 Å². The number of aliphatic imine (C=N–C) groups is 1. The van der Waals surface area contributed by atoms with Gasteiger partial charge in [0, 0.05) is 12.0 Å². The van der Waals surface area contributed by atoms with Gasteiger partial charge in [-0.1, -0.05) is 27.2 Å². The van der Waals surface area contributed by atoms with Gasteiger partial charge in [-0.3, -0.25) is 0 Å². The third-order valence-electron chi connectivity index (χ3n) is 3.47. The molecule has 0 radical (unpaired) electrons. The van der Waals surface area contributed by atoms with Crippen LogP contribution in [0.1, 0.15) is 51.7 Å². The molecule has 1 aliphatic rings. The Bertz CT molecular complexity index is 441. The number of aromatic nitrogens is 1. The summed E-state index contributed by atoms with van der Waals surface area (Å²) < 4.78 is 5.65. The summed E-state index contributed by atoms with van der Waals surface area (Å²) in [5.41, 5.74) is 5.79. The monoisotopic (exact) mass is 264 g/mol. The van der Waals surface area contributed by atoms with Crippen molar-refractivity contribution in [2.24, 2.45) is 16.6 Å². The molecule has 106 valence electrons. The normalized spacial score (nSPS) is 17.3. The summed E-state index contributed by atoms with van der Waals surface area (Å²) in [7, 11) is 0. The van der Waals surface area contributed by atoms with Crippen molar-refractivity contribution in [3.63, 3.8) is 0 Å². The lowest BCUT2D eigenvalue weighted by molar-refractivity contribution is 0.315. The largest absolute Gasteiger partial charge is 0.443 e. The second kappa shape index (κ2) is 5.63. The van der Waals surface area contributed by atoms with Gasteiger partial charge < -0.3 is 15.5 Å². The lowest BCUT2D eigenvalue weighted by Gasteiger charge is -2.25. The number of oxazole rings is 1. The van der Waals surface area contributed by atoms with Crippen LogP contribution in [0.3, 0.4) is 0 Å². The lowest BCUT2D eigenvalue weighted by Crippen LogP contribution is -2.37. The van der Waals surface area contributed by atoms with Crippen molar-refractivity contribution in [3.05, 3.63) is 17.8 Å². The molecule has 5 heteroatoms. The zero-order valence-electron chi connectivity index (χ0n) is 12.1. The second-order valence-corrected chi connectivity index (χ2v) is 6.25. The molecular weight excluding hydrogens is 240 g/mol. The SMILES string of the molecule is CC(C)(C)c1cnc(CN=C(N)NCC2CCC2)o1. The first kappa shape index (κ1) is 13.9. The molecule has 1 heterocycles. The Morgan fingerprint density at radius 2 is 2.26 bits per heavy atom. The Morgan fingerprint density at radius 3 is 2.79 bits per heavy atom. The first-order valence-electron chi connectivity index (χ1n) is 6.94. The Kier molecular flexibility index (Phi) is 4.12. The van der Waals surface area contributed by atoms with Crippen LogP contribution in [0.2, 0.25) is 0 Å². The molecule has 0 unspecified atom stereocenters. The molecule has 0 aliphatic heterocycles. The van der Waals surface area contributed by atoms with Gasteiger partial charge in [-0.25, -0.2) is 9.98 Å². The van der Waals surface area contributed by atoms with E-state index in [1.54, 1.807) is 6.20 Å². The highest BCUT2D eigenvalue weighted by atomic mass is 16.4. The number of hydrogen-bond acceptors (Lipinski definition) is 3. The van der Waals surface area contributed by atoms with Crippen molar-refractivity contribution in [2.45, 2.75) is 52.0 Å². The summed E-state index contributed by atoms with van der Waals surface area (Å²) in [6, 6.07) is 0. The van der Waals surface area contributed by atoms with Gasteiger partial charge in [0.1, 0.15) is 12.3 Å². The number of nitrogens with zero attached hydrogens (tertiary/aromatic N) is 2. The number of hydrogen-bond donors (Lipinski definition) is 2. The average molecular weight is 264 g/mol. The van der Waals surface area contributed by atoms with Crippen LogP contribution >= 0.6 is 0 Å². The van der Waals surface area contributed by atoms with E-state index >= 15 is 0 Å². The molecule has 0 saturated heterocycles. The van der Waals surface area contributed by atoms with Crippen LogP contribution in [-0.2, 0) is 12.0 Å². The van der Waals surface area contributed by atoms with Crippen molar-refractivity contribution < 1.29 is 4.42 Å². The van der Waals surface area contributed by atoms with Crippen molar-refractivity contribution in [1.82, 2.24) is 10.3 Å². The maximum atomic E-state index is 5.81. The first-order valence-corrected chi connectivity index (χ1v) is 6.94. The van der Waals surface area contributed by atoms with Crippen LogP contribution in [0, 0.1) is 5.92 Å².